The maximum atomic E-state index is 12.4. The Balaban J connectivity index is 2.25. The zero-order valence-electron chi connectivity index (χ0n) is 13.5. The number of halogens is 1. The van der Waals surface area contributed by atoms with Gasteiger partial charge < -0.3 is 4.90 Å². The van der Waals surface area contributed by atoms with E-state index in [0.717, 1.165) is 0 Å². The van der Waals surface area contributed by atoms with Crippen LogP contribution < -0.4 is 9.62 Å². The number of benzene rings is 1. The van der Waals surface area contributed by atoms with Crippen LogP contribution in [0, 0.1) is 13.8 Å². The molecule has 2 aromatic rings. The number of nitrogens with one attached hydrogen (secondary N) is 1. The molecule has 0 aliphatic rings. The van der Waals surface area contributed by atoms with Crippen molar-refractivity contribution in [2.24, 2.45) is 0 Å². The summed E-state index contributed by atoms with van der Waals surface area (Å²) >= 11 is 5.81. The summed E-state index contributed by atoms with van der Waals surface area (Å²) in [6.07, 6.45) is 0. The van der Waals surface area contributed by atoms with E-state index in [0.29, 0.717) is 33.6 Å². The second kappa shape index (κ2) is 6.72. The van der Waals surface area contributed by atoms with Crippen LogP contribution in [0.3, 0.4) is 0 Å². The Bertz CT molecular complexity index is 782. The summed E-state index contributed by atoms with van der Waals surface area (Å²) in [6, 6.07) is 6.70. The minimum Gasteiger partial charge on any atom is -0.347 e. The van der Waals surface area contributed by atoms with E-state index < -0.39 is 10.0 Å². The Hall–Kier alpha value is -1.86. The van der Waals surface area contributed by atoms with Gasteiger partial charge in [0.1, 0.15) is 0 Å². The molecule has 0 atom stereocenters. The normalized spacial score (nSPS) is 11.3. The minimum absolute atomic E-state index is 0.140. The topological polar surface area (TPSA) is 75.2 Å². The Morgan fingerprint density at radius 3 is 2.09 bits per heavy atom. The molecule has 1 aromatic heterocycles. The van der Waals surface area contributed by atoms with Crippen molar-refractivity contribution in [2.45, 2.75) is 19.6 Å². The third-order valence-electron chi connectivity index (χ3n) is 3.19. The molecule has 23 heavy (non-hydrogen) atoms. The van der Waals surface area contributed by atoms with Gasteiger partial charge in [0, 0.05) is 19.1 Å². The van der Waals surface area contributed by atoms with Gasteiger partial charge in [-0.05, 0) is 31.5 Å². The lowest BCUT2D eigenvalue weighted by Gasteiger charge is -2.16. The van der Waals surface area contributed by atoms with Gasteiger partial charge >= 0.3 is 0 Å². The lowest BCUT2D eigenvalue weighted by molar-refractivity contribution is 0.600. The number of aryl methyl sites for hydroxylation is 2. The van der Waals surface area contributed by atoms with Crippen molar-refractivity contribution < 1.29 is 8.42 Å². The van der Waals surface area contributed by atoms with E-state index in [1.807, 2.05) is 14.1 Å². The molecular formula is C15H19ClN4O2S. The van der Waals surface area contributed by atoms with Gasteiger partial charge in [0.15, 0.2) is 0 Å². The smallest absolute Gasteiger partial charge is 0.237 e. The predicted molar refractivity (Wildman–Crippen MR) is 93.5 cm³/mol. The maximum Gasteiger partial charge on any atom is 0.237 e. The molecule has 0 saturated heterocycles. The van der Waals surface area contributed by atoms with Gasteiger partial charge in [0.25, 0.3) is 0 Å². The van der Waals surface area contributed by atoms with Crippen LogP contribution in [0.15, 0.2) is 24.3 Å². The van der Waals surface area contributed by atoms with E-state index in [9.17, 15) is 8.42 Å². The molecule has 0 spiro atoms. The molecule has 0 aliphatic carbocycles. The lowest BCUT2D eigenvalue weighted by atomic mass is 10.2. The van der Waals surface area contributed by atoms with Crippen LogP contribution in [0.2, 0.25) is 5.02 Å². The van der Waals surface area contributed by atoms with Crippen LogP contribution in [0.4, 0.5) is 11.6 Å². The molecule has 1 aromatic carbocycles. The average Bonchev–Trinajstić information content (AvgIpc) is 2.45. The van der Waals surface area contributed by atoms with Crippen molar-refractivity contribution >= 4 is 33.3 Å². The van der Waals surface area contributed by atoms with Crippen LogP contribution in [0.5, 0.6) is 0 Å². The average molecular weight is 355 g/mol. The predicted octanol–water partition coefficient (Wildman–Crippen LogP) is 2.75. The van der Waals surface area contributed by atoms with Crippen molar-refractivity contribution in [3.63, 3.8) is 0 Å². The van der Waals surface area contributed by atoms with Gasteiger partial charge in [-0.1, -0.05) is 23.7 Å². The number of sulfonamides is 1. The summed E-state index contributed by atoms with van der Waals surface area (Å²) in [7, 11) is 0.0986. The van der Waals surface area contributed by atoms with Crippen LogP contribution in [0.25, 0.3) is 0 Å². The molecule has 0 saturated carbocycles. The number of anilines is 2. The van der Waals surface area contributed by atoms with Crippen molar-refractivity contribution in [3.8, 4) is 0 Å². The number of nitrogens with zero attached hydrogens (tertiary/aromatic N) is 3. The molecule has 2 rings (SSSR count). The Labute approximate surface area is 141 Å². The van der Waals surface area contributed by atoms with E-state index in [1.165, 1.54) is 0 Å². The van der Waals surface area contributed by atoms with E-state index >= 15 is 0 Å². The van der Waals surface area contributed by atoms with E-state index in [2.05, 4.69) is 14.7 Å². The minimum atomic E-state index is -3.57. The first-order valence-corrected chi connectivity index (χ1v) is 8.98. The van der Waals surface area contributed by atoms with Crippen molar-refractivity contribution in [1.29, 1.82) is 0 Å². The first-order chi connectivity index (χ1) is 10.7. The highest BCUT2D eigenvalue weighted by molar-refractivity contribution is 7.91. The molecule has 0 radical (unpaired) electrons. The van der Waals surface area contributed by atoms with Crippen molar-refractivity contribution in [3.05, 3.63) is 46.2 Å². The third kappa shape index (κ3) is 4.56. The van der Waals surface area contributed by atoms with Gasteiger partial charge in [-0.2, -0.15) is 0 Å². The maximum absolute atomic E-state index is 12.4. The summed E-state index contributed by atoms with van der Waals surface area (Å²) in [6.45, 7) is 3.50. The fourth-order valence-electron chi connectivity index (χ4n) is 2.04. The summed E-state index contributed by atoms with van der Waals surface area (Å²) < 4.78 is 27.3. The highest BCUT2D eigenvalue weighted by Gasteiger charge is 2.17. The Kier molecular flexibility index (Phi) is 5.11. The lowest BCUT2D eigenvalue weighted by Crippen LogP contribution is -2.19. The zero-order valence-corrected chi connectivity index (χ0v) is 15.0. The van der Waals surface area contributed by atoms with E-state index in [-0.39, 0.29) is 5.75 Å². The molecule has 124 valence electrons. The molecule has 8 heteroatoms. The summed E-state index contributed by atoms with van der Waals surface area (Å²) in [5, 5.41) is 0.568. The quantitative estimate of drug-likeness (QED) is 0.893. The monoisotopic (exact) mass is 354 g/mol. The van der Waals surface area contributed by atoms with Crippen LogP contribution in [-0.2, 0) is 15.8 Å². The molecule has 0 aliphatic heterocycles. The Morgan fingerprint density at radius 2 is 1.61 bits per heavy atom. The highest BCUT2D eigenvalue weighted by Crippen LogP contribution is 2.22. The summed E-state index contributed by atoms with van der Waals surface area (Å²) in [5.74, 6) is 0.402. The zero-order chi connectivity index (χ0) is 17.2. The van der Waals surface area contributed by atoms with E-state index in [1.54, 1.807) is 43.0 Å². The van der Waals surface area contributed by atoms with Gasteiger partial charge in [-0.15, -0.1) is 0 Å². The molecule has 1 heterocycles. The molecule has 0 bridgehead atoms. The first kappa shape index (κ1) is 17.5. The molecule has 1 N–H and O–H groups in total. The van der Waals surface area contributed by atoms with Crippen molar-refractivity contribution in [1.82, 2.24) is 9.97 Å². The van der Waals surface area contributed by atoms with Gasteiger partial charge in [0.2, 0.25) is 16.0 Å². The van der Waals surface area contributed by atoms with Gasteiger partial charge in [0.05, 0.1) is 22.8 Å². The van der Waals surface area contributed by atoms with Crippen molar-refractivity contribution in [2.75, 3.05) is 23.7 Å². The third-order valence-corrected chi connectivity index (χ3v) is 4.67. The standard InChI is InChI=1S/C15H19ClN4O2S/c1-10-14(11(2)18-15(17-10)20(3)4)19-23(21,22)9-12-5-7-13(16)8-6-12/h5-8,19H,9H2,1-4H3. The largest absolute Gasteiger partial charge is 0.347 e. The van der Waals surface area contributed by atoms with Crippen LogP contribution in [0.1, 0.15) is 17.0 Å². The first-order valence-electron chi connectivity index (χ1n) is 6.95. The SMILES string of the molecule is Cc1nc(N(C)C)nc(C)c1NS(=O)(=O)Cc1ccc(Cl)cc1. The number of hydrogen-bond donors (Lipinski definition) is 1. The van der Waals surface area contributed by atoms with Gasteiger partial charge in [-0.25, -0.2) is 18.4 Å². The van der Waals surface area contributed by atoms with Gasteiger partial charge in [-0.3, -0.25) is 4.72 Å². The van der Waals surface area contributed by atoms with E-state index in [4.69, 9.17) is 11.6 Å². The van der Waals surface area contributed by atoms with Crippen LogP contribution >= 0.6 is 11.6 Å². The molecule has 6 nitrogen and oxygen atoms in total. The fraction of sp³-hybridized carbons (Fsp3) is 0.333. The Morgan fingerprint density at radius 1 is 1.09 bits per heavy atom. The molecule has 0 unspecified atom stereocenters. The second-order valence-corrected chi connectivity index (χ2v) is 7.61. The summed E-state index contributed by atoms with van der Waals surface area (Å²) in [4.78, 5) is 10.4. The highest BCUT2D eigenvalue weighted by atomic mass is 35.5. The second-order valence-electron chi connectivity index (χ2n) is 5.45. The number of aromatic nitrogens is 2. The fourth-order valence-corrected chi connectivity index (χ4v) is 3.47. The molecular weight excluding hydrogens is 336 g/mol. The number of hydrogen-bond acceptors (Lipinski definition) is 5. The summed E-state index contributed by atoms with van der Waals surface area (Å²) in [5.41, 5.74) is 2.24. The number of rotatable bonds is 5. The molecule has 0 fully saturated rings. The van der Waals surface area contributed by atoms with Crippen LogP contribution in [-0.4, -0.2) is 32.5 Å². The molecule has 0 amide bonds.